The van der Waals surface area contributed by atoms with Gasteiger partial charge in [-0.3, -0.25) is 0 Å². The monoisotopic (exact) mass is 640 g/mol. The number of allylic oxidation sites excluding steroid dienone is 4. The van der Waals surface area contributed by atoms with Gasteiger partial charge in [0.1, 0.15) is 22.3 Å². The Morgan fingerprint density at radius 1 is 0.440 bits per heavy atom. The fraction of sp³-hybridized carbons (Fsp3) is 0.0833. The number of hydrogen-bond acceptors (Lipinski definition) is 2. The van der Waals surface area contributed by atoms with Crippen LogP contribution in [0.4, 0.5) is 0 Å². The Morgan fingerprint density at radius 3 is 2.02 bits per heavy atom. The van der Waals surface area contributed by atoms with Crippen LogP contribution in [0.2, 0.25) is 0 Å². The SMILES string of the molecule is C1=CCCC(c2c3c(c(-c4cccc(-c5ccc6oc7ccc8cc9c(cc8c7c6c5)oc5ccccc59)c4)c4ccccc24)=CCCC=3)=C1. The lowest BCUT2D eigenvalue weighted by Crippen LogP contribution is -2.33. The lowest BCUT2D eigenvalue weighted by molar-refractivity contribution is 0.669. The number of hydrogen-bond donors (Lipinski definition) is 0. The average molecular weight is 641 g/mol. The summed E-state index contributed by atoms with van der Waals surface area (Å²) < 4.78 is 12.8. The van der Waals surface area contributed by atoms with E-state index in [4.69, 9.17) is 8.83 Å². The average Bonchev–Trinajstić information content (AvgIpc) is 3.74. The van der Waals surface area contributed by atoms with Crippen LogP contribution in [0.1, 0.15) is 31.2 Å². The molecular formula is C48H32O2. The first kappa shape index (κ1) is 27.8. The minimum atomic E-state index is 0.891. The third kappa shape index (κ3) is 4.09. The topological polar surface area (TPSA) is 26.3 Å². The predicted molar refractivity (Wildman–Crippen MR) is 211 cm³/mol. The molecule has 0 saturated carbocycles. The maximum atomic E-state index is 6.44. The van der Waals surface area contributed by atoms with Crippen LogP contribution in [0.5, 0.6) is 0 Å². The summed E-state index contributed by atoms with van der Waals surface area (Å²) >= 11 is 0. The fourth-order valence-corrected chi connectivity index (χ4v) is 8.68. The lowest BCUT2D eigenvalue weighted by Gasteiger charge is -2.20. The minimum absolute atomic E-state index is 0.891. The van der Waals surface area contributed by atoms with Crippen molar-refractivity contribution in [1.29, 1.82) is 0 Å². The van der Waals surface area contributed by atoms with Crippen LogP contribution in [-0.4, -0.2) is 0 Å². The highest BCUT2D eigenvalue weighted by molar-refractivity contribution is 6.22. The summed E-state index contributed by atoms with van der Waals surface area (Å²) in [5.74, 6) is 0. The Morgan fingerprint density at radius 2 is 1.16 bits per heavy atom. The van der Waals surface area contributed by atoms with Gasteiger partial charge >= 0.3 is 0 Å². The summed E-state index contributed by atoms with van der Waals surface area (Å²) in [7, 11) is 0. The molecular weight excluding hydrogens is 609 g/mol. The molecule has 236 valence electrons. The normalized spacial score (nSPS) is 14.4. The number of fused-ring (bicyclic) bond motifs is 10. The Bertz CT molecular complexity index is 3090. The van der Waals surface area contributed by atoms with Crippen molar-refractivity contribution in [1.82, 2.24) is 0 Å². The molecule has 0 aliphatic heterocycles. The minimum Gasteiger partial charge on any atom is -0.456 e. The Balaban J connectivity index is 1.11. The molecule has 0 spiro atoms. The van der Waals surface area contributed by atoms with Crippen molar-refractivity contribution in [2.45, 2.75) is 25.7 Å². The molecule has 2 aromatic heterocycles. The van der Waals surface area contributed by atoms with Crippen LogP contribution in [0.25, 0.3) is 105 Å². The summed E-state index contributed by atoms with van der Waals surface area (Å²) in [6, 6.07) is 41.8. The predicted octanol–water partition coefficient (Wildman–Crippen LogP) is 12.2. The Hall–Kier alpha value is -6.12. The van der Waals surface area contributed by atoms with E-state index in [1.165, 1.54) is 60.0 Å². The van der Waals surface area contributed by atoms with Gasteiger partial charge in [-0.05, 0) is 134 Å². The summed E-state index contributed by atoms with van der Waals surface area (Å²) in [6.07, 6.45) is 16.1. The van der Waals surface area contributed by atoms with Gasteiger partial charge in [0, 0.05) is 21.5 Å². The van der Waals surface area contributed by atoms with Crippen molar-refractivity contribution in [3.8, 4) is 22.3 Å². The van der Waals surface area contributed by atoms with Gasteiger partial charge in [0.15, 0.2) is 0 Å². The third-order valence-corrected chi connectivity index (χ3v) is 10.9. The van der Waals surface area contributed by atoms with Crippen LogP contribution in [0.15, 0.2) is 142 Å². The van der Waals surface area contributed by atoms with Crippen LogP contribution in [-0.2, 0) is 0 Å². The quantitative estimate of drug-likeness (QED) is 0.192. The summed E-state index contributed by atoms with van der Waals surface area (Å²) in [6.45, 7) is 0. The maximum Gasteiger partial charge on any atom is 0.136 e. The highest BCUT2D eigenvalue weighted by atomic mass is 16.3. The molecule has 7 aromatic carbocycles. The molecule has 0 N–H and O–H groups in total. The molecule has 0 amide bonds. The van der Waals surface area contributed by atoms with Crippen molar-refractivity contribution < 1.29 is 8.83 Å². The van der Waals surface area contributed by atoms with Gasteiger partial charge in [-0.1, -0.05) is 103 Å². The van der Waals surface area contributed by atoms with Gasteiger partial charge in [-0.15, -0.1) is 0 Å². The van der Waals surface area contributed by atoms with E-state index in [1.54, 1.807) is 0 Å². The number of benzene rings is 7. The van der Waals surface area contributed by atoms with Crippen molar-refractivity contribution >= 4 is 83.1 Å². The molecule has 11 rings (SSSR count). The van der Waals surface area contributed by atoms with E-state index in [9.17, 15) is 0 Å². The summed E-state index contributed by atoms with van der Waals surface area (Å²) in [4.78, 5) is 0. The molecule has 0 unspecified atom stereocenters. The van der Waals surface area contributed by atoms with Crippen LogP contribution in [0.3, 0.4) is 0 Å². The molecule has 2 heteroatoms. The van der Waals surface area contributed by atoms with Gasteiger partial charge in [-0.25, -0.2) is 0 Å². The van der Waals surface area contributed by atoms with Crippen molar-refractivity contribution in [3.05, 3.63) is 149 Å². The largest absolute Gasteiger partial charge is 0.456 e. The molecule has 2 nitrogen and oxygen atoms in total. The van der Waals surface area contributed by atoms with E-state index in [-0.39, 0.29) is 0 Å². The molecule has 9 aromatic rings. The van der Waals surface area contributed by atoms with Gasteiger partial charge < -0.3 is 8.83 Å². The highest BCUT2D eigenvalue weighted by Gasteiger charge is 2.19. The number of furan rings is 2. The second-order valence-electron chi connectivity index (χ2n) is 13.8. The van der Waals surface area contributed by atoms with Crippen molar-refractivity contribution in [2.75, 3.05) is 0 Å². The molecule has 2 aliphatic carbocycles. The van der Waals surface area contributed by atoms with Crippen molar-refractivity contribution in [3.63, 3.8) is 0 Å². The van der Waals surface area contributed by atoms with Crippen LogP contribution >= 0.6 is 0 Å². The van der Waals surface area contributed by atoms with Gasteiger partial charge in [0.05, 0.1) is 0 Å². The molecule has 2 aliphatic rings. The van der Waals surface area contributed by atoms with Crippen LogP contribution < -0.4 is 10.4 Å². The standard InChI is InChI=1S/C48H32O2/c1-2-11-29(12-3-1)46-35-16-4-6-18-37(35)47(38-19-7-5-17-36(38)46)33-14-10-13-30(25-33)31-21-23-43-41(26-31)48-39-28-45-40(27-32(39)22-24-44(48)49-43)34-15-8-9-20-42(34)50-45/h1-2,4,6,8-11,13-28H,3,5,7,12H2. The molecule has 0 saturated heterocycles. The Kier molecular flexibility index (Phi) is 5.94. The molecule has 0 atom stereocenters. The number of para-hydroxylation sites is 1. The van der Waals surface area contributed by atoms with Gasteiger partial charge in [0.25, 0.3) is 0 Å². The molecule has 2 heterocycles. The first-order chi connectivity index (χ1) is 24.8. The van der Waals surface area contributed by atoms with E-state index in [0.29, 0.717) is 0 Å². The lowest BCUT2D eigenvalue weighted by atomic mass is 9.84. The molecule has 50 heavy (non-hydrogen) atoms. The summed E-state index contributed by atoms with van der Waals surface area (Å²) in [5, 5.41) is 12.3. The highest BCUT2D eigenvalue weighted by Crippen LogP contribution is 2.41. The van der Waals surface area contributed by atoms with Crippen LogP contribution in [0, 0.1) is 0 Å². The zero-order valence-electron chi connectivity index (χ0n) is 27.5. The third-order valence-electron chi connectivity index (χ3n) is 10.9. The van der Waals surface area contributed by atoms with Crippen molar-refractivity contribution in [2.24, 2.45) is 0 Å². The first-order valence-corrected chi connectivity index (χ1v) is 17.7. The molecule has 0 radical (unpaired) electrons. The van der Waals surface area contributed by atoms with Gasteiger partial charge in [-0.2, -0.15) is 0 Å². The molecule has 0 bridgehead atoms. The Labute approximate surface area is 288 Å². The van der Waals surface area contributed by atoms with E-state index in [1.807, 2.05) is 12.1 Å². The van der Waals surface area contributed by atoms with E-state index in [0.717, 1.165) is 74.9 Å². The first-order valence-electron chi connectivity index (χ1n) is 17.7. The molecule has 0 fully saturated rings. The number of rotatable bonds is 3. The van der Waals surface area contributed by atoms with E-state index < -0.39 is 0 Å². The smallest absolute Gasteiger partial charge is 0.136 e. The van der Waals surface area contributed by atoms with E-state index >= 15 is 0 Å². The fourth-order valence-electron chi connectivity index (χ4n) is 8.68. The maximum absolute atomic E-state index is 6.44. The second-order valence-corrected chi connectivity index (χ2v) is 13.8. The summed E-state index contributed by atoms with van der Waals surface area (Å²) in [5.41, 5.74) is 11.4. The second kappa shape index (κ2) is 10.7. The van der Waals surface area contributed by atoms with E-state index in [2.05, 4.69) is 134 Å². The van der Waals surface area contributed by atoms with Gasteiger partial charge in [0.2, 0.25) is 0 Å². The zero-order chi connectivity index (χ0) is 32.8. The zero-order valence-corrected chi connectivity index (χ0v) is 27.5.